The van der Waals surface area contributed by atoms with Gasteiger partial charge in [0.25, 0.3) is 10.0 Å². The number of nitrogens with zero attached hydrogens (tertiary/aromatic N) is 2. The van der Waals surface area contributed by atoms with Gasteiger partial charge in [0, 0.05) is 11.2 Å². The van der Waals surface area contributed by atoms with Crippen LogP contribution in [0, 0.1) is 13.8 Å². The smallest absolute Gasteiger partial charge is 0.265 e. The average Bonchev–Trinajstić information content (AvgIpc) is 2.94. The molecule has 130 valence electrons. The molecule has 1 heterocycles. The highest BCUT2D eigenvalue weighted by Crippen LogP contribution is 2.26. The van der Waals surface area contributed by atoms with Crippen molar-refractivity contribution < 1.29 is 8.42 Å². The van der Waals surface area contributed by atoms with Gasteiger partial charge in [-0.15, -0.1) is 0 Å². The van der Waals surface area contributed by atoms with Gasteiger partial charge in [-0.2, -0.15) is 5.10 Å². The second kappa shape index (κ2) is 6.90. The van der Waals surface area contributed by atoms with Crippen LogP contribution in [0.4, 0.5) is 5.69 Å². The maximum atomic E-state index is 12.7. The zero-order valence-electron chi connectivity index (χ0n) is 13.9. The van der Waals surface area contributed by atoms with Crippen LogP contribution in [0.2, 0.25) is 5.02 Å². The number of aryl methyl sites for hydroxylation is 1. The van der Waals surface area contributed by atoms with Crippen molar-refractivity contribution in [2.75, 3.05) is 4.72 Å². The highest BCUT2D eigenvalue weighted by atomic mass is 35.5. The van der Waals surface area contributed by atoms with Crippen molar-refractivity contribution in [1.29, 1.82) is 0 Å². The fourth-order valence-electron chi connectivity index (χ4n) is 2.53. The first-order valence-electron chi connectivity index (χ1n) is 7.73. The lowest BCUT2D eigenvalue weighted by atomic mass is 10.2. The minimum absolute atomic E-state index is 0.155. The number of benzene rings is 2. The standard InChI is InChI=1S/C18H18ClN3O2S/c1-13-16(19)9-6-10-17(13)21-25(23,24)18-12-22(20-14(18)2)11-15-7-4-3-5-8-15/h3-10,12,21H,11H2,1-2H3. The number of anilines is 1. The van der Waals surface area contributed by atoms with E-state index in [1.807, 2.05) is 30.3 Å². The zero-order valence-corrected chi connectivity index (χ0v) is 15.5. The Balaban J connectivity index is 1.89. The summed E-state index contributed by atoms with van der Waals surface area (Å²) in [6.07, 6.45) is 1.55. The molecule has 0 radical (unpaired) electrons. The molecule has 0 unspecified atom stereocenters. The Morgan fingerprint density at radius 3 is 2.52 bits per heavy atom. The second-order valence-corrected chi connectivity index (χ2v) is 7.84. The van der Waals surface area contributed by atoms with Gasteiger partial charge in [-0.05, 0) is 37.1 Å². The zero-order chi connectivity index (χ0) is 18.0. The third kappa shape index (κ3) is 3.86. The first kappa shape index (κ1) is 17.5. The van der Waals surface area contributed by atoms with Gasteiger partial charge in [0.1, 0.15) is 4.90 Å². The van der Waals surface area contributed by atoms with Crippen molar-refractivity contribution in [3.63, 3.8) is 0 Å². The summed E-state index contributed by atoms with van der Waals surface area (Å²) in [6, 6.07) is 14.9. The number of halogens is 1. The predicted octanol–water partition coefficient (Wildman–Crippen LogP) is 4.00. The number of nitrogens with one attached hydrogen (secondary N) is 1. The Morgan fingerprint density at radius 1 is 1.08 bits per heavy atom. The van der Waals surface area contributed by atoms with Crippen molar-refractivity contribution in [3.05, 3.63) is 76.6 Å². The van der Waals surface area contributed by atoms with Crippen LogP contribution in [0.1, 0.15) is 16.8 Å². The van der Waals surface area contributed by atoms with E-state index in [1.165, 1.54) is 0 Å². The molecule has 0 aliphatic rings. The lowest BCUT2D eigenvalue weighted by molar-refractivity contribution is 0.600. The Morgan fingerprint density at radius 2 is 1.80 bits per heavy atom. The lowest BCUT2D eigenvalue weighted by Gasteiger charge is -2.10. The molecule has 0 aliphatic heterocycles. The maximum absolute atomic E-state index is 12.7. The third-order valence-corrected chi connectivity index (χ3v) is 5.77. The number of hydrogen-bond donors (Lipinski definition) is 1. The van der Waals surface area contributed by atoms with Crippen LogP contribution in [0.25, 0.3) is 0 Å². The van der Waals surface area contributed by atoms with Crippen LogP contribution in [-0.4, -0.2) is 18.2 Å². The SMILES string of the molecule is Cc1nn(Cc2ccccc2)cc1S(=O)(=O)Nc1cccc(Cl)c1C. The highest BCUT2D eigenvalue weighted by Gasteiger charge is 2.21. The Hall–Kier alpha value is -2.31. The Bertz CT molecular complexity index is 998. The highest BCUT2D eigenvalue weighted by molar-refractivity contribution is 7.92. The lowest BCUT2D eigenvalue weighted by Crippen LogP contribution is -2.14. The summed E-state index contributed by atoms with van der Waals surface area (Å²) >= 11 is 6.06. The largest absolute Gasteiger partial charge is 0.279 e. The van der Waals surface area contributed by atoms with Gasteiger partial charge in [0.05, 0.1) is 17.9 Å². The second-order valence-electron chi connectivity index (χ2n) is 5.78. The first-order chi connectivity index (χ1) is 11.9. The molecule has 0 saturated heterocycles. The van der Waals surface area contributed by atoms with Crippen LogP contribution in [-0.2, 0) is 16.6 Å². The monoisotopic (exact) mass is 375 g/mol. The van der Waals surface area contributed by atoms with Crippen LogP contribution >= 0.6 is 11.6 Å². The molecule has 0 amide bonds. The molecule has 0 fully saturated rings. The van der Waals surface area contributed by atoms with Gasteiger partial charge >= 0.3 is 0 Å². The molecule has 5 nitrogen and oxygen atoms in total. The van der Waals surface area contributed by atoms with Crippen LogP contribution < -0.4 is 4.72 Å². The van der Waals surface area contributed by atoms with Crippen LogP contribution in [0.15, 0.2) is 59.6 Å². The summed E-state index contributed by atoms with van der Waals surface area (Å²) in [5.74, 6) is 0. The molecule has 2 aromatic carbocycles. The van der Waals surface area contributed by atoms with Crippen molar-refractivity contribution in [3.8, 4) is 0 Å². The summed E-state index contributed by atoms with van der Waals surface area (Å²) in [4.78, 5) is 0.155. The quantitative estimate of drug-likeness (QED) is 0.733. The molecule has 0 aliphatic carbocycles. The van der Waals surface area contributed by atoms with E-state index in [0.717, 1.165) is 5.56 Å². The summed E-state index contributed by atoms with van der Waals surface area (Å²) < 4.78 is 29.7. The fraction of sp³-hybridized carbons (Fsp3) is 0.167. The van der Waals surface area contributed by atoms with Gasteiger partial charge in [-0.1, -0.05) is 48.0 Å². The summed E-state index contributed by atoms with van der Waals surface area (Å²) in [6.45, 7) is 3.96. The first-order valence-corrected chi connectivity index (χ1v) is 9.59. The average molecular weight is 376 g/mol. The minimum atomic E-state index is -3.75. The Kier molecular flexibility index (Phi) is 4.83. The van der Waals surface area contributed by atoms with E-state index in [0.29, 0.717) is 28.5 Å². The molecular weight excluding hydrogens is 358 g/mol. The van der Waals surface area contributed by atoms with Crippen LogP contribution in [0.3, 0.4) is 0 Å². The minimum Gasteiger partial charge on any atom is -0.279 e. The van der Waals surface area contributed by atoms with E-state index in [2.05, 4.69) is 9.82 Å². The summed E-state index contributed by atoms with van der Waals surface area (Å²) in [5, 5.41) is 4.84. The number of rotatable bonds is 5. The molecule has 7 heteroatoms. The maximum Gasteiger partial charge on any atom is 0.265 e. The molecule has 25 heavy (non-hydrogen) atoms. The van der Waals surface area contributed by atoms with Gasteiger partial charge in [-0.3, -0.25) is 9.40 Å². The molecule has 3 aromatic rings. The number of aromatic nitrogens is 2. The Labute approximate surface area is 152 Å². The molecule has 0 spiro atoms. The van der Waals surface area contributed by atoms with Gasteiger partial charge < -0.3 is 0 Å². The predicted molar refractivity (Wildman–Crippen MR) is 99.5 cm³/mol. The molecule has 3 rings (SSSR count). The normalized spacial score (nSPS) is 11.5. The number of sulfonamides is 1. The number of hydrogen-bond acceptors (Lipinski definition) is 3. The van der Waals surface area contributed by atoms with E-state index < -0.39 is 10.0 Å². The van der Waals surface area contributed by atoms with Crippen molar-refractivity contribution in [1.82, 2.24) is 9.78 Å². The van der Waals surface area contributed by atoms with E-state index in [4.69, 9.17) is 11.6 Å². The molecular formula is C18H18ClN3O2S. The van der Waals surface area contributed by atoms with Crippen LogP contribution in [0.5, 0.6) is 0 Å². The van der Waals surface area contributed by atoms with Crippen molar-refractivity contribution >= 4 is 27.3 Å². The van der Waals surface area contributed by atoms with Crippen molar-refractivity contribution in [2.24, 2.45) is 0 Å². The van der Waals surface area contributed by atoms with E-state index in [1.54, 1.807) is 42.9 Å². The van der Waals surface area contributed by atoms with Gasteiger partial charge in [-0.25, -0.2) is 8.42 Å². The summed E-state index contributed by atoms with van der Waals surface area (Å²) in [7, 11) is -3.75. The van der Waals surface area contributed by atoms with Gasteiger partial charge in [0.2, 0.25) is 0 Å². The topological polar surface area (TPSA) is 64.0 Å². The van der Waals surface area contributed by atoms with Crippen molar-refractivity contribution in [2.45, 2.75) is 25.3 Å². The fourth-order valence-corrected chi connectivity index (χ4v) is 4.02. The van der Waals surface area contributed by atoms with E-state index in [-0.39, 0.29) is 4.90 Å². The summed E-state index contributed by atoms with van der Waals surface area (Å²) in [5.41, 5.74) is 2.64. The molecule has 0 bridgehead atoms. The molecule has 1 aromatic heterocycles. The molecule has 0 atom stereocenters. The van der Waals surface area contributed by atoms with E-state index in [9.17, 15) is 8.42 Å². The molecule has 1 N–H and O–H groups in total. The third-order valence-electron chi connectivity index (χ3n) is 3.89. The molecule has 0 saturated carbocycles. The van der Waals surface area contributed by atoms with Gasteiger partial charge in [0.15, 0.2) is 0 Å². The van der Waals surface area contributed by atoms with E-state index >= 15 is 0 Å².